The van der Waals surface area contributed by atoms with E-state index in [0.29, 0.717) is 29.4 Å². The van der Waals surface area contributed by atoms with Crippen LogP contribution in [0.1, 0.15) is 29.6 Å². The summed E-state index contributed by atoms with van der Waals surface area (Å²) in [6, 6.07) is 5.20. The Bertz CT molecular complexity index is 842. The number of nitrogens with one attached hydrogen (secondary N) is 1. The number of aliphatic hydroxyl groups excluding tert-OH is 2. The van der Waals surface area contributed by atoms with Crippen molar-refractivity contribution in [1.29, 1.82) is 0 Å². The predicted octanol–water partition coefficient (Wildman–Crippen LogP) is 0.763. The summed E-state index contributed by atoms with van der Waals surface area (Å²) in [6.45, 7) is 0.405. The van der Waals surface area contributed by atoms with Gasteiger partial charge >= 0.3 is 5.97 Å². The topological polar surface area (TPSA) is 116 Å². The Morgan fingerprint density at radius 3 is 2.66 bits per heavy atom. The zero-order chi connectivity index (χ0) is 21.1. The third-order valence-corrected chi connectivity index (χ3v) is 5.94. The molecular formula is C20H23BrN2O6. The smallest absolute Gasteiger partial charge is 0.328 e. The minimum atomic E-state index is -1.26. The predicted molar refractivity (Wildman–Crippen MR) is 107 cm³/mol. The molecule has 0 radical (unpaired) electrons. The molecule has 0 aromatic heterocycles. The quantitative estimate of drug-likeness (QED) is 0.564. The van der Waals surface area contributed by atoms with Gasteiger partial charge in [0.15, 0.2) is 0 Å². The molecular weight excluding hydrogens is 444 g/mol. The number of esters is 1. The van der Waals surface area contributed by atoms with E-state index in [-0.39, 0.29) is 12.0 Å². The van der Waals surface area contributed by atoms with Crippen LogP contribution in [0, 0.1) is 0 Å². The van der Waals surface area contributed by atoms with Crippen molar-refractivity contribution in [3.63, 3.8) is 0 Å². The summed E-state index contributed by atoms with van der Waals surface area (Å²) >= 11 is 3.30. The highest BCUT2D eigenvalue weighted by atomic mass is 79.9. The molecule has 8 nitrogen and oxygen atoms in total. The first-order chi connectivity index (χ1) is 13.8. The molecule has 1 aliphatic heterocycles. The summed E-state index contributed by atoms with van der Waals surface area (Å²) in [5.41, 5.74) is 0.613. The van der Waals surface area contributed by atoms with Crippen LogP contribution in [-0.4, -0.2) is 70.8 Å². The normalized spacial score (nSPS) is 26.6. The van der Waals surface area contributed by atoms with Crippen molar-refractivity contribution in [2.45, 2.75) is 43.6 Å². The van der Waals surface area contributed by atoms with Crippen LogP contribution < -0.4 is 5.32 Å². The Balaban J connectivity index is 1.80. The van der Waals surface area contributed by atoms with Crippen LogP contribution in [0.15, 0.2) is 40.4 Å². The summed E-state index contributed by atoms with van der Waals surface area (Å²) in [6.07, 6.45) is 0.105. The van der Waals surface area contributed by atoms with Crippen LogP contribution in [0.2, 0.25) is 0 Å². The summed E-state index contributed by atoms with van der Waals surface area (Å²) in [7, 11) is 1.27. The highest BCUT2D eigenvalue weighted by Gasteiger charge is 2.40. The minimum Gasteiger partial charge on any atom is -0.467 e. The maximum Gasteiger partial charge on any atom is 0.328 e. The summed E-state index contributed by atoms with van der Waals surface area (Å²) in [4.78, 5) is 38.9. The third kappa shape index (κ3) is 4.52. The Kier molecular flexibility index (Phi) is 6.71. The second kappa shape index (κ2) is 9.06. The molecule has 3 N–H and O–H groups in total. The fourth-order valence-electron chi connectivity index (χ4n) is 3.70. The number of halogens is 1. The number of ether oxygens (including phenoxy) is 1. The lowest BCUT2D eigenvalue weighted by Crippen LogP contribution is -2.51. The Morgan fingerprint density at radius 2 is 1.97 bits per heavy atom. The lowest BCUT2D eigenvalue weighted by molar-refractivity contribution is -0.150. The number of amides is 2. The third-order valence-electron chi connectivity index (χ3n) is 5.25. The molecule has 0 saturated carbocycles. The van der Waals surface area contributed by atoms with E-state index in [1.165, 1.54) is 18.1 Å². The van der Waals surface area contributed by atoms with Crippen molar-refractivity contribution < 1.29 is 29.3 Å². The largest absolute Gasteiger partial charge is 0.467 e. The van der Waals surface area contributed by atoms with E-state index in [0.717, 1.165) is 0 Å². The van der Waals surface area contributed by atoms with Crippen molar-refractivity contribution >= 4 is 33.7 Å². The first kappa shape index (κ1) is 21.5. The van der Waals surface area contributed by atoms with Gasteiger partial charge in [0.25, 0.3) is 5.91 Å². The molecule has 156 valence electrons. The monoisotopic (exact) mass is 466 g/mol. The number of nitrogens with zero attached hydrogens (tertiary/aromatic N) is 1. The van der Waals surface area contributed by atoms with E-state index in [1.807, 2.05) is 0 Å². The second-order valence-corrected chi connectivity index (χ2v) is 7.97. The van der Waals surface area contributed by atoms with Gasteiger partial charge in [-0.3, -0.25) is 9.59 Å². The van der Waals surface area contributed by atoms with E-state index in [2.05, 4.69) is 21.2 Å². The van der Waals surface area contributed by atoms with Crippen LogP contribution in [0.25, 0.3) is 0 Å². The minimum absolute atomic E-state index is 0.0637. The number of rotatable bonds is 4. The number of hydrogen-bond donors (Lipinski definition) is 3. The van der Waals surface area contributed by atoms with Crippen LogP contribution in [-0.2, 0) is 14.3 Å². The molecule has 0 bridgehead atoms. The van der Waals surface area contributed by atoms with Gasteiger partial charge in [-0.1, -0.05) is 18.2 Å². The SMILES string of the molecule is COC(=O)C1CCCN1C(=O)C1=CC(NC(=O)c2ccccc2Br)C(O)C(O)C1. The van der Waals surface area contributed by atoms with Gasteiger partial charge in [0.2, 0.25) is 5.91 Å². The molecule has 1 heterocycles. The van der Waals surface area contributed by atoms with E-state index in [1.54, 1.807) is 24.3 Å². The number of likely N-dealkylation sites (tertiary alicyclic amines) is 1. The van der Waals surface area contributed by atoms with E-state index >= 15 is 0 Å². The second-order valence-electron chi connectivity index (χ2n) is 7.11. The van der Waals surface area contributed by atoms with Crippen LogP contribution in [0.4, 0.5) is 0 Å². The highest BCUT2D eigenvalue weighted by molar-refractivity contribution is 9.10. The summed E-state index contributed by atoms with van der Waals surface area (Å²) in [5.74, 6) is -1.33. The molecule has 0 spiro atoms. The Labute approximate surface area is 176 Å². The van der Waals surface area contributed by atoms with Crippen molar-refractivity contribution in [3.05, 3.63) is 46.0 Å². The van der Waals surface area contributed by atoms with Crippen molar-refractivity contribution in [1.82, 2.24) is 10.2 Å². The van der Waals surface area contributed by atoms with Crippen LogP contribution in [0.3, 0.4) is 0 Å². The van der Waals surface area contributed by atoms with Crippen molar-refractivity contribution in [2.75, 3.05) is 13.7 Å². The molecule has 29 heavy (non-hydrogen) atoms. The maximum absolute atomic E-state index is 13.0. The Morgan fingerprint density at radius 1 is 1.24 bits per heavy atom. The first-order valence-corrected chi connectivity index (χ1v) is 10.1. The molecule has 3 rings (SSSR count). The zero-order valence-corrected chi connectivity index (χ0v) is 17.5. The molecule has 9 heteroatoms. The molecule has 1 fully saturated rings. The van der Waals surface area contributed by atoms with Crippen molar-refractivity contribution in [2.24, 2.45) is 0 Å². The molecule has 2 amide bonds. The van der Waals surface area contributed by atoms with Gasteiger partial charge in [-0.05, 0) is 40.9 Å². The number of aliphatic hydroxyl groups is 2. The molecule has 1 aromatic rings. The lowest BCUT2D eigenvalue weighted by atomic mass is 9.89. The molecule has 2 aliphatic rings. The average Bonchev–Trinajstić information content (AvgIpc) is 3.20. The maximum atomic E-state index is 13.0. The standard InChI is InChI=1S/C20H23BrN2O6/c1-29-20(28)15-7-4-8-23(15)19(27)11-9-14(17(25)16(24)10-11)22-18(26)12-5-2-3-6-13(12)21/h2-3,5-6,9,14-17,24-25H,4,7-8,10H2,1H3,(H,22,26). The highest BCUT2D eigenvalue weighted by Crippen LogP contribution is 2.27. The zero-order valence-electron chi connectivity index (χ0n) is 15.9. The van der Waals surface area contributed by atoms with Crippen LogP contribution in [0.5, 0.6) is 0 Å². The molecule has 1 saturated heterocycles. The first-order valence-electron chi connectivity index (χ1n) is 9.34. The lowest BCUT2D eigenvalue weighted by Gasteiger charge is -2.33. The Hall–Kier alpha value is -2.23. The number of hydrogen-bond acceptors (Lipinski definition) is 6. The molecule has 4 atom stereocenters. The van der Waals surface area contributed by atoms with Gasteiger partial charge in [0.1, 0.15) is 12.1 Å². The van der Waals surface area contributed by atoms with E-state index in [9.17, 15) is 24.6 Å². The average molecular weight is 467 g/mol. The van der Waals surface area contributed by atoms with Gasteiger partial charge in [-0.15, -0.1) is 0 Å². The van der Waals surface area contributed by atoms with Gasteiger partial charge in [-0.25, -0.2) is 4.79 Å². The van der Waals surface area contributed by atoms with Crippen molar-refractivity contribution in [3.8, 4) is 0 Å². The van der Waals surface area contributed by atoms with E-state index < -0.39 is 42.1 Å². The number of methoxy groups -OCH3 is 1. The number of carbonyl (C=O) groups excluding carboxylic acids is 3. The van der Waals surface area contributed by atoms with E-state index in [4.69, 9.17) is 4.74 Å². The molecule has 4 unspecified atom stereocenters. The van der Waals surface area contributed by atoms with Crippen LogP contribution >= 0.6 is 15.9 Å². The number of carbonyl (C=O) groups is 3. The van der Waals surface area contributed by atoms with Gasteiger partial charge < -0.3 is 25.2 Å². The molecule has 1 aliphatic carbocycles. The van der Waals surface area contributed by atoms with Gasteiger partial charge in [-0.2, -0.15) is 0 Å². The number of benzene rings is 1. The fraction of sp³-hybridized carbons (Fsp3) is 0.450. The van der Waals surface area contributed by atoms with Gasteiger partial charge in [0.05, 0.1) is 24.8 Å². The summed E-state index contributed by atoms with van der Waals surface area (Å²) in [5, 5.41) is 23.2. The summed E-state index contributed by atoms with van der Waals surface area (Å²) < 4.78 is 5.36. The molecule has 1 aromatic carbocycles. The fourth-order valence-corrected chi connectivity index (χ4v) is 4.17. The van der Waals surface area contributed by atoms with Gasteiger partial charge in [0, 0.05) is 23.0 Å².